The van der Waals surface area contributed by atoms with Gasteiger partial charge in [0.1, 0.15) is 6.61 Å². The molecule has 0 aliphatic heterocycles. The largest absolute Gasteiger partial charge is 0.485 e. The molecule has 3 nitrogen and oxygen atoms in total. The number of aliphatic hydroxyl groups is 1. The maximum Gasteiger partial charge on any atom is 0.203 e. The van der Waals surface area contributed by atoms with Gasteiger partial charge in [-0.05, 0) is 19.8 Å². The number of nitrogens with one attached hydrogen (secondary N) is 1. The van der Waals surface area contributed by atoms with E-state index >= 15 is 0 Å². The molecule has 112 valence electrons. The summed E-state index contributed by atoms with van der Waals surface area (Å²) in [5.74, 6) is -7.34. The SMILES string of the molecule is CC(CO)(COc1c(F)c(F)cc(F)c1F)NC1CC1. The maximum absolute atomic E-state index is 13.4. The number of hydrogen-bond acceptors (Lipinski definition) is 3. The third kappa shape index (κ3) is 3.21. The molecule has 1 aromatic carbocycles. The van der Waals surface area contributed by atoms with Gasteiger partial charge in [0.05, 0.1) is 12.1 Å². The molecule has 1 aliphatic rings. The normalized spacial score (nSPS) is 17.9. The second-order valence-electron chi connectivity index (χ2n) is 5.22. The van der Waals surface area contributed by atoms with Crippen LogP contribution in [-0.2, 0) is 0 Å². The van der Waals surface area contributed by atoms with Crippen molar-refractivity contribution < 1.29 is 27.4 Å². The van der Waals surface area contributed by atoms with E-state index in [1.165, 1.54) is 0 Å². The Morgan fingerprint density at radius 2 is 1.80 bits per heavy atom. The molecule has 7 heteroatoms. The zero-order chi connectivity index (χ0) is 14.9. The average molecular weight is 293 g/mol. The first-order valence-corrected chi connectivity index (χ1v) is 6.20. The molecular weight excluding hydrogens is 278 g/mol. The molecule has 0 radical (unpaired) electrons. The fourth-order valence-corrected chi connectivity index (χ4v) is 1.76. The monoisotopic (exact) mass is 293 g/mol. The van der Waals surface area contributed by atoms with Gasteiger partial charge in [0.2, 0.25) is 11.6 Å². The third-order valence-corrected chi connectivity index (χ3v) is 3.09. The Hall–Kier alpha value is -1.34. The molecule has 0 bridgehead atoms. The van der Waals surface area contributed by atoms with Gasteiger partial charge in [-0.15, -0.1) is 0 Å². The predicted molar refractivity (Wildman–Crippen MR) is 63.4 cm³/mol. The molecule has 20 heavy (non-hydrogen) atoms. The highest BCUT2D eigenvalue weighted by Crippen LogP contribution is 2.28. The van der Waals surface area contributed by atoms with Crippen LogP contribution in [0.15, 0.2) is 6.07 Å². The molecule has 1 unspecified atom stereocenters. The minimum Gasteiger partial charge on any atom is -0.485 e. The summed E-state index contributed by atoms with van der Waals surface area (Å²) < 4.78 is 57.7. The summed E-state index contributed by atoms with van der Waals surface area (Å²) in [4.78, 5) is 0. The van der Waals surface area contributed by atoms with E-state index in [4.69, 9.17) is 4.74 Å². The van der Waals surface area contributed by atoms with Crippen LogP contribution < -0.4 is 10.1 Å². The van der Waals surface area contributed by atoms with Gasteiger partial charge in [0, 0.05) is 12.1 Å². The number of hydrogen-bond donors (Lipinski definition) is 2. The van der Waals surface area contributed by atoms with E-state index in [0.717, 1.165) is 12.8 Å². The van der Waals surface area contributed by atoms with Crippen molar-refractivity contribution in [1.82, 2.24) is 5.32 Å². The smallest absolute Gasteiger partial charge is 0.203 e. The van der Waals surface area contributed by atoms with Gasteiger partial charge in [0.15, 0.2) is 17.4 Å². The van der Waals surface area contributed by atoms with Crippen molar-refractivity contribution in [3.63, 3.8) is 0 Å². The zero-order valence-electron chi connectivity index (χ0n) is 10.9. The van der Waals surface area contributed by atoms with Crippen LogP contribution in [0.1, 0.15) is 19.8 Å². The van der Waals surface area contributed by atoms with E-state index in [2.05, 4.69) is 5.32 Å². The summed E-state index contributed by atoms with van der Waals surface area (Å²) in [6.45, 7) is 0.929. The van der Waals surface area contributed by atoms with Gasteiger partial charge in [-0.1, -0.05) is 0 Å². The molecule has 2 rings (SSSR count). The van der Waals surface area contributed by atoms with Crippen LogP contribution in [0.2, 0.25) is 0 Å². The standard InChI is InChI=1S/C13H15F4NO2/c1-13(5-19,18-7-2-3-7)6-20-12-10(16)8(14)4-9(15)11(12)17/h4,7,18-19H,2-3,5-6H2,1H3. The summed E-state index contributed by atoms with van der Waals surface area (Å²) in [5, 5.41) is 12.4. The average Bonchev–Trinajstić information content (AvgIpc) is 3.20. The molecular formula is C13H15F4NO2. The number of ether oxygens (including phenoxy) is 1. The molecule has 1 fully saturated rings. The number of rotatable bonds is 6. The van der Waals surface area contributed by atoms with Gasteiger partial charge in [-0.3, -0.25) is 0 Å². The highest BCUT2D eigenvalue weighted by atomic mass is 19.2. The Morgan fingerprint density at radius 3 is 2.25 bits per heavy atom. The summed E-state index contributed by atoms with van der Waals surface area (Å²) in [6.07, 6.45) is 1.87. The molecule has 0 heterocycles. The van der Waals surface area contributed by atoms with E-state index in [-0.39, 0.29) is 25.3 Å². The maximum atomic E-state index is 13.4. The first-order chi connectivity index (χ1) is 9.36. The van der Waals surface area contributed by atoms with Crippen LogP contribution in [0.4, 0.5) is 17.6 Å². The van der Waals surface area contributed by atoms with E-state index in [0.29, 0.717) is 0 Å². The minimum atomic E-state index is -1.59. The molecule has 2 N–H and O–H groups in total. The van der Waals surface area contributed by atoms with Crippen LogP contribution in [-0.4, -0.2) is 29.9 Å². The number of benzene rings is 1. The first-order valence-electron chi connectivity index (χ1n) is 6.20. The van der Waals surface area contributed by atoms with Crippen molar-refractivity contribution in [1.29, 1.82) is 0 Å². The first kappa shape index (κ1) is 15.1. The quantitative estimate of drug-likeness (QED) is 0.623. The van der Waals surface area contributed by atoms with Crippen LogP contribution >= 0.6 is 0 Å². The predicted octanol–water partition coefficient (Wildman–Crippen LogP) is 2.12. The Labute approximate surface area is 113 Å². The summed E-state index contributed by atoms with van der Waals surface area (Å²) in [5.41, 5.74) is -0.942. The molecule has 1 atom stereocenters. The lowest BCUT2D eigenvalue weighted by Gasteiger charge is -2.29. The van der Waals surface area contributed by atoms with Crippen LogP contribution in [0.25, 0.3) is 0 Å². The Bertz CT molecular complexity index is 481. The van der Waals surface area contributed by atoms with Crippen LogP contribution in [0.5, 0.6) is 5.75 Å². The van der Waals surface area contributed by atoms with E-state index in [1.807, 2.05) is 0 Å². The lowest BCUT2D eigenvalue weighted by atomic mass is 10.1. The van der Waals surface area contributed by atoms with E-state index in [1.54, 1.807) is 6.92 Å². The van der Waals surface area contributed by atoms with Crippen molar-refractivity contribution in [3.05, 3.63) is 29.3 Å². The van der Waals surface area contributed by atoms with Gasteiger partial charge in [-0.25, -0.2) is 8.78 Å². The molecule has 0 saturated heterocycles. The van der Waals surface area contributed by atoms with Crippen molar-refractivity contribution in [2.24, 2.45) is 0 Å². The Kier molecular flexibility index (Phi) is 4.19. The molecule has 0 spiro atoms. The lowest BCUT2D eigenvalue weighted by Crippen LogP contribution is -2.51. The molecule has 1 aromatic rings. The minimum absolute atomic E-state index is 0.116. The summed E-state index contributed by atoms with van der Waals surface area (Å²) in [7, 11) is 0. The highest BCUT2D eigenvalue weighted by molar-refractivity contribution is 5.28. The lowest BCUT2D eigenvalue weighted by molar-refractivity contribution is 0.108. The molecule has 0 amide bonds. The topological polar surface area (TPSA) is 41.5 Å². The second-order valence-corrected chi connectivity index (χ2v) is 5.22. The van der Waals surface area contributed by atoms with E-state index < -0.39 is 34.6 Å². The van der Waals surface area contributed by atoms with Crippen LogP contribution in [0.3, 0.4) is 0 Å². The fraction of sp³-hybridized carbons (Fsp3) is 0.538. The number of aliphatic hydroxyl groups excluding tert-OH is 1. The highest BCUT2D eigenvalue weighted by Gasteiger charge is 2.33. The third-order valence-electron chi connectivity index (χ3n) is 3.09. The van der Waals surface area contributed by atoms with Crippen molar-refractivity contribution >= 4 is 0 Å². The van der Waals surface area contributed by atoms with Crippen LogP contribution in [0, 0.1) is 23.3 Å². The molecule has 1 aliphatic carbocycles. The zero-order valence-corrected chi connectivity index (χ0v) is 10.9. The Morgan fingerprint density at radius 1 is 1.25 bits per heavy atom. The fourth-order valence-electron chi connectivity index (χ4n) is 1.76. The number of halogens is 4. The Balaban J connectivity index is 2.13. The molecule has 0 aromatic heterocycles. The van der Waals surface area contributed by atoms with Gasteiger partial charge in [-0.2, -0.15) is 8.78 Å². The summed E-state index contributed by atoms with van der Waals surface area (Å²) in [6, 6.07) is 0.334. The van der Waals surface area contributed by atoms with Gasteiger partial charge >= 0.3 is 0 Å². The summed E-state index contributed by atoms with van der Waals surface area (Å²) >= 11 is 0. The van der Waals surface area contributed by atoms with Gasteiger partial charge in [0.25, 0.3) is 0 Å². The van der Waals surface area contributed by atoms with Crippen molar-refractivity contribution in [3.8, 4) is 5.75 Å². The molecule has 1 saturated carbocycles. The van der Waals surface area contributed by atoms with E-state index in [9.17, 15) is 22.7 Å². The van der Waals surface area contributed by atoms with Crippen molar-refractivity contribution in [2.45, 2.75) is 31.3 Å². The second kappa shape index (κ2) is 5.57. The van der Waals surface area contributed by atoms with Gasteiger partial charge < -0.3 is 15.2 Å². The van der Waals surface area contributed by atoms with Crippen molar-refractivity contribution in [2.75, 3.05) is 13.2 Å².